The maximum absolute atomic E-state index is 13.9. The molecule has 4 heteroatoms. The van der Waals surface area contributed by atoms with Gasteiger partial charge in [-0.15, -0.1) is 0 Å². The number of imide groups is 1. The average molecular weight is 437 g/mol. The van der Waals surface area contributed by atoms with E-state index in [0.717, 1.165) is 34.2 Å². The molecule has 0 bridgehead atoms. The fourth-order valence-electron chi connectivity index (χ4n) is 5.15. The fourth-order valence-corrected chi connectivity index (χ4v) is 5.15. The number of benzene rings is 3. The molecule has 2 heterocycles. The molecule has 0 aliphatic carbocycles. The third-order valence-corrected chi connectivity index (χ3v) is 6.62. The Bertz CT molecular complexity index is 1310. The van der Waals surface area contributed by atoms with Crippen LogP contribution in [-0.4, -0.2) is 23.3 Å². The molecule has 0 spiro atoms. The maximum atomic E-state index is 13.9. The van der Waals surface area contributed by atoms with E-state index in [0.29, 0.717) is 30.0 Å². The van der Waals surface area contributed by atoms with Crippen LogP contribution in [0.25, 0.3) is 5.57 Å². The second-order valence-corrected chi connectivity index (χ2v) is 9.27. The molecule has 0 aromatic heterocycles. The summed E-state index contributed by atoms with van der Waals surface area (Å²) in [6.45, 7) is 9.36. The first-order valence-electron chi connectivity index (χ1n) is 11.4. The number of rotatable bonds is 3. The third kappa shape index (κ3) is 3.66. The molecule has 2 amide bonds. The van der Waals surface area contributed by atoms with Crippen molar-refractivity contribution in [3.05, 3.63) is 105 Å². The number of hydrogen-bond donors (Lipinski definition) is 0. The Hall–Kier alpha value is -3.66. The van der Waals surface area contributed by atoms with E-state index < -0.39 is 0 Å². The van der Waals surface area contributed by atoms with Gasteiger partial charge in [-0.2, -0.15) is 0 Å². The highest BCUT2D eigenvalue weighted by Gasteiger charge is 2.43. The van der Waals surface area contributed by atoms with Crippen molar-refractivity contribution in [2.24, 2.45) is 0 Å². The topological polar surface area (TPSA) is 40.6 Å². The van der Waals surface area contributed by atoms with Crippen LogP contribution in [0.1, 0.15) is 38.9 Å². The molecule has 0 fully saturated rings. The molecule has 4 nitrogen and oxygen atoms in total. The highest BCUT2D eigenvalue weighted by Crippen LogP contribution is 2.38. The number of amides is 2. The lowest BCUT2D eigenvalue weighted by Gasteiger charge is -2.31. The number of hydrogen-bond acceptors (Lipinski definition) is 3. The molecule has 3 aromatic carbocycles. The summed E-state index contributed by atoms with van der Waals surface area (Å²) in [5.74, 6) is -0.481. The predicted molar refractivity (Wildman–Crippen MR) is 132 cm³/mol. The van der Waals surface area contributed by atoms with Gasteiger partial charge in [0.15, 0.2) is 0 Å². The molecule has 2 aliphatic rings. The highest BCUT2D eigenvalue weighted by molar-refractivity contribution is 6.45. The van der Waals surface area contributed by atoms with Gasteiger partial charge in [-0.25, -0.2) is 4.90 Å². The minimum atomic E-state index is -0.245. The zero-order valence-corrected chi connectivity index (χ0v) is 19.6. The molecule has 0 saturated heterocycles. The van der Waals surface area contributed by atoms with E-state index in [9.17, 15) is 9.59 Å². The molecule has 0 atom stereocenters. The van der Waals surface area contributed by atoms with Gasteiger partial charge in [0.05, 0.1) is 11.3 Å². The first kappa shape index (κ1) is 21.2. The van der Waals surface area contributed by atoms with Gasteiger partial charge >= 0.3 is 0 Å². The van der Waals surface area contributed by atoms with Gasteiger partial charge in [-0.05, 0) is 79.6 Å². The molecular formula is C29H28N2O2. The number of nitrogens with zero attached hydrogens (tertiary/aromatic N) is 2. The van der Waals surface area contributed by atoms with E-state index in [4.69, 9.17) is 0 Å². The summed E-state index contributed by atoms with van der Waals surface area (Å²) in [6, 6.07) is 20.3. The van der Waals surface area contributed by atoms with E-state index in [1.54, 1.807) is 0 Å². The van der Waals surface area contributed by atoms with Crippen LogP contribution in [0.3, 0.4) is 0 Å². The Morgan fingerprint density at radius 2 is 1.42 bits per heavy atom. The molecule has 0 N–H and O–H groups in total. The van der Waals surface area contributed by atoms with E-state index in [2.05, 4.69) is 35.2 Å². The Morgan fingerprint density at radius 3 is 2.12 bits per heavy atom. The summed E-state index contributed by atoms with van der Waals surface area (Å²) in [5.41, 5.74) is 9.20. The van der Waals surface area contributed by atoms with Crippen LogP contribution in [-0.2, 0) is 22.6 Å². The summed E-state index contributed by atoms with van der Waals surface area (Å²) >= 11 is 0. The van der Waals surface area contributed by atoms with Crippen molar-refractivity contribution < 1.29 is 9.59 Å². The molecular weight excluding hydrogens is 408 g/mol. The van der Waals surface area contributed by atoms with Gasteiger partial charge in [-0.1, -0.05) is 54.1 Å². The zero-order chi connectivity index (χ0) is 23.3. The van der Waals surface area contributed by atoms with Crippen LogP contribution >= 0.6 is 0 Å². The van der Waals surface area contributed by atoms with E-state index in [1.165, 1.54) is 16.0 Å². The van der Waals surface area contributed by atoms with Gasteiger partial charge in [0.2, 0.25) is 0 Å². The van der Waals surface area contributed by atoms with Gasteiger partial charge in [-0.3, -0.25) is 9.59 Å². The summed E-state index contributed by atoms with van der Waals surface area (Å²) in [5, 5.41) is 0. The number of aryl methyl sites for hydroxylation is 4. The lowest BCUT2D eigenvalue weighted by atomic mass is 9.95. The SMILES string of the molecule is Cc1cc(C)cc(N2C(=O)C(c3ccc(C)cc3C)=C(N3CCc4ccccc4C3)C2=O)c1. The quantitative estimate of drug-likeness (QED) is 0.526. The second kappa shape index (κ2) is 8.04. The van der Waals surface area contributed by atoms with Crippen molar-refractivity contribution in [1.29, 1.82) is 0 Å². The fraction of sp³-hybridized carbons (Fsp3) is 0.241. The molecule has 0 saturated carbocycles. The lowest BCUT2D eigenvalue weighted by Crippen LogP contribution is -2.37. The summed E-state index contributed by atoms with van der Waals surface area (Å²) in [6.07, 6.45) is 0.852. The molecule has 33 heavy (non-hydrogen) atoms. The molecule has 2 aliphatic heterocycles. The minimum Gasteiger partial charge on any atom is -0.362 e. The first-order chi connectivity index (χ1) is 15.8. The second-order valence-electron chi connectivity index (χ2n) is 9.27. The van der Waals surface area contributed by atoms with Gasteiger partial charge in [0, 0.05) is 13.1 Å². The smallest absolute Gasteiger partial charge is 0.282 e. The summed E-state index contributed by atoms with van der Waals surface area (Å²) in [4.78, 5) is 31.3. The van der Waals surface area contributed by atoms with E-state index >= 15 is 0 Å². The highest BCUT2D eigenvalue weighted by atomic mass is 16.2. The van der Waals surface area contributed by atoms with Crippen LogP contribution in [0.4, 0.5) is 5.69 Å². The number of carbonyl (C=O) groups excluding carboxylic acids is 2. The molecule has 0 unspecified atom stereocenters. The van der Waals surface area contributed by atoms with Crippen LogP contribution < -0.4 is 4.90 Å². The number of carbonyl (C=O) groups is 2. The molecule has 166 valence electrons. The molecule has 5 rings (SSSR count). The molecule has 0 radical (unpaired) electrons. The van der Waals surface area contributed by atoms with Crippen LogP contribution in [0.15, 0.2) is 66.4 Å². The lowest BCUT2D eigenvalue weighted by molar-refractivity contribution is -0.120. The van der Waals surface area contributed by atoms with Crippen LogP contribution in [0, 0.1) is 27.7 Å². The predicted octanol–water partition coefficient (Wildman–Crippen LogP) is 5.26. The largest absolute Gasteiger partial charge is 0.362 e. The standard InChI is InChI=1S/C29H28N2O2/c1-18-9-10-25(21(4)14-18)26-27(30-12-11-22-7-5-6-8-23(22)17-30)29(33)31(28(26)32)24-15-19(2)13-20(3)16-24/h5-10,13-16H,11-12,17H2,1-4H3. The summed E-state index contributed by atoms with van der Waals surface area (Å²) < 4.78 is 0. The van der Waals surface area contributed by atoms with Gasteiger partial charge in [0.25, 0.3) is 11.8 Å². The Balaban J connectivity index is 1.66. The van der Waals surface area contributed by atoms with Crippen molar-refractivity contribution >= 4 is 23.1 Å². The first-order valence-corrected chi connectivity index (χ1v) is 11.4. The van der Waals surface area contributed by atoms with Crippen molar-refractivity contribution in [2.45, 2.75) is 40.7 Å². The van der Waals surface area contributed by atoms with Crippen LogP contribution in [0.2, 0.25) is 0 Å². The van der Waals surface area contributed by atoms with Crippen molar-refractivity contribution in [3.8, 4) is 0 Å². The molecule has 3 aromatic rings. The maximum Gasteiger partial charge on any atom is 0.282 e. The number of anilines is 1. The van der Waals surface area contributed by atoms with Gasteiger partial charge in [0.1, 0.15) is 5.70 Å². The zero-order valence-electron chi connectivity index (χ0n) is 19.6. The Kier molecular flexibility index (Phi) is 5.16. The van der Waals surface area contributed by atoms with Crippen molar-refractivity contribution in [1.82, 2.24) is 4.90 Å². The minimum absolute atomic E-state index is 0.237. The van der Waals surface area contributed by atoms with Gasteiger partial charge < -0.3 is 4.90 Å². The monoisotopic (exact) mass is 436 g/mol. The summed E-state index contributed by atoms with van der Waals surface area (Å²) in [7, 11) is 0. The normalized spacial score (nSPS) is 16.0. The van der Waals surface area contributed by atoms with E-state index in [1.807, 2.05) is 58.0 Å². The van der Waals surface area contributed by atoms with Crippen molar-refractivity contribution in [2.75, 3.05) is 11.4 Å². The third-order valence-electron chi connectivity index (χ3n) is 6.62. The van der Waals surface area contributed by atoms with E-state index in [-0.39, 0.29) is 11.8 Å². The van der Waals surface area contributed by atoms with Crippen molar-refractivity contribution in [3.63, 3.8) is 0 Å². The Labute approximate surface area is 195 Å². The Morgan fingerprint density at radius 1 is 0.727 bits per heavy atom. The number of fused-ring (bicyclic) bond motifs is 1. The van der Waals surface area contributed by atoms with Crippen LogP contribution in [0.5, 0.6) is 0 Å². The average Bonchev–Trinajstić information content (AvgIpc) is 3.02.